The Morgan fingerprint density at radius 2 is 1.66 bits per heavy atom. The molecule has 1 aliphatic heterocycles. The van der Waals surface area contributed by atoms with Crippen LogP contribution in [0.1, 0.15) is 10.4 Å². The van der Waals surface area contributed by atoms with E-state index in [9.17, 15) is 18.8 Å². The van der Waals surface area contributed by atoms with Gasteiger partial charge >= 0.3 is 0 Å². The Kier molecular flexibility index (Phi) is 6.91. The minimum absolute atomic E-state index is 0.0617. The summed E-state index contributed by atoms with van der Waals surface area (Å²) in [6.07, 6.45) is 0. The Hall–Kier alpha value is -3.26. The lowest BCUT2D eigenvalue weighted by atomic mass is 10.2. The molecule has 0 unspecified atom stereocenters. The van der Waals surface area contributed by atoms with Gasteiger partial charge in [0.2, 0.25) is 11.8 Å². The molecule has 0 aromatic heterocycles. The van der Waals surface area contributed by atoms with E-state index in [-0.39, 0.29) is 30.8 Å². The lowest BCUT2D eigenvalue weighted by molar-refractivity contribution is -0.132. The molecular weight excluding hydrogens is 375 g/mol. The molecule has 29 heavy (non-hydrogen) atoms. The Bertz CT molecular complexity index is 867. The summed E-state index contributed by atoms with van der Waals surface area (Å²) in [5.74, 6) is -1.08. The lowest BCUT2D eigenvalue weighted by Crippen LogP contribution is -2.52. The molecule has 8 heteroatoms. The van der Waals surface area contributed by atoms with Crippen molar-refractivity contribution in [3.05, 3.63) is 66.0 Å². The van der Waals surface area contributed by atoms with Crippen LogP contribution in [-0.4, -0.2) is 66.8 Å². The minimum atomic E-state index is -0.408. The van der Waals surface area contributed by atoms with E-state index < -0.39 is 5.82 Å². The van der Waals surface area contributed by atoms with E-state index in [0.29, 0.717) is 37.4 Å². The van der Waals surface area contributed by atoms with E-state index >= 15 is 0 Å². The average molecular weight is 398 g/mol. The second-order valence-electron chi connectivity index (χ2n) is 6.76. The van der Waals surface area contributed by atoms with Crippen molar-refractivity contribution in [1.29, 1.82) is 0 Å². The third-order valence-corrected chi connectivity index (χ3v) is 4.64. The quantitative estimate of drug-likeness (QED) is 0.770. The number of nitrogens with zero attached hydrogens (tertiary/aromatic N) is 2. The normalized spacial score (nSPS) is 14.3. The zero-order chi connectivity index (χ0) is 20.6. The minimum Gasteiger partial charge on any atom is -0.343 e. The summed E-state index contributed by atoms with van der Waals surface area (Å²) in [5, 5.41) is 5.30. The molecule has 2 N–H and O–H groups in total. The molecule has 1 aliphatic rings. The highest BCUT2D eigenvalue weighted by atomic mass is 19.1. The summed E-state index contributed by atoms with van der Waals surface area (Å²) in [7, 11) is 0. The van der Waals surface area contributed by atoms with Crippen molar-refractivity contribution in [2.75, 3.05) is 44.6 Å². The highest BCUT2D eigenvalue weighted by Crippen LogP contribution is 2.09. The Morgan fingerprint density at radius 3 is 2.34 bits per heavy atom. The van der Waals surface area contributed by atoms with Gasteiger partial charge in [0.1, 0.15) is 5.82 Å². The molecule has 1 saturated heterocycles. The molecule has 3 amide bonds. The van der Waals surface area contributed by atoms with Crippen LogP contribution in [0.5, 0.6) is 0 Å². The summed E-state index contributed by atoms with van der Waals surface area (Å²) >= 11 is 0. The Morgan fingerprint density at radius 1 is 0.931 bits per heavy atom. The van der Waals surface area contributed by atoms with Crippen LogP contribution >= 0.6 is 0 Å². The second-order valence-corrected chi connectivity index (χ2v) is 6.76. The van der Waals surface area contributed by atoms with E-state index in [1.165, 1.54) is 18.2 Å². The van der Waals surface area contributed by atoms with Gasteiger partial charge < -0.3 is 15.5 Å². The van der Waals surface area contributed by atoms with E-state index in [4.69, 9.17) is 0 Å². The predicted octanol–water partition coefficient (Wildman–Crippen LogP) is 1.34. The van der Waals surface area contributed by atoms with Gasteiger partial charge in [-0.25, -0.2) is 4.39 Å². The van der Waals surface area contributed by atoms with Crippen molar-refractivity contribution < 1.29 is 18.8 Å². The van der Waals surface area contributed by atoms with Gasteiger partial charge in [-0.1, -0.05) is 24.3 Å². The average Bonchev–Trinajstić information content (AvgIpc) is 2.73. The molecule has 0 spiro atoms. The number of rotatable bonds is 6. The third-order valence-electron chi connectivity index (χ3n) is 4.64. The van der Waals surface area contributed by atoms with Crippen LogP contribution in [0.4, 0.5) is 10.1 Å². The second kappa shape index (κ2) is 9.79. The van der Waals surface area contributed by atoms with Crippen LogP contribution in [-0.2, 0) is 9.59 Å². The molecule has 1 fully saturated rings. The van der Waals surface area contributed by atoms with Crippen LogP contribution in [0.2, 0.25) is 0 Å². The van der Waals surface area contributed by atoms with Crippen LogP contribution in [0.25, 0.3) is 0 Å². The maximum atomic E-state index is 13.2. The smallest absolute Gasteiger partial charge is 0.251 e. The van der Waals surface area contributed by atoms with Gasteiger partial charge in [-0.3, -0.25) is 19.3 Å². The number of piperazine rings is 1. The topological polar surface area (TPSA) is 81.8 Å². The zero-order valence-electron chi connectivity index (χ0n) is 15.9. The first kappa shape index (κ1) is 20.5. The van der Waals surface area contributed by atoms with E-state index in [2.05, 4.69) is 10.6 Å². The van der Waals surface area contributed by atoms with E-state index in [1.807, 2.05) is 11.0 Å². The van der Waals surface area contributed by atoms with E-state index in [1.54, 1.807) is 35.2 Å². The van der Waals surface area contributed by atoms with Crippen molar-refractivity contribution in [2.45, 2.75) is 0 Å². The molecular formula is C21H23FN4O3. The summed E-state index contributed by atoms with van der Waals surface area (Å²) in [4.78, 5) is 40.1. The van der Waals surface area contributed by atoms with E-state index in [0.717, 1.165) is 0 Å². The predicted molar refractivity (Wildman–Crippen MR) is 107 cm³/mol. The van der Waals surface area contributed by atoms with Gasteiger partial charge in [0.15, 0.2) is 0 Å². The summed E-state index contributed by atoms with van der Waals surface area (Å²) < 4.78 is 13.2. The summed E-state index contributed by atoms with van der Waals surface area (Å²) in [5.41, 5.74) is 0.924. The first-order valence-corrected chi connectivity index (χ1v) is 9.40. The van der Waals surface area contributed by atoms with Gasteiger partial charge in [-0.2, -0.15) is 0 Å². The van der Waals surface area contributed by atoms with Crippen LogP contribution in [0, 0.1) is 5.82 Å². The molecule has 7 nitrogen and oxygen atoms in total. The number of carbonyl (C=O) groups is 3. The van der Waals surface area contributed by atoms with Gasteiger partial charge in [-0.15, -0.1) is 0 Å². The number of carbonyl (C=O) groups excluding carboxylic acids is 3. The number of hydrogen-bond acceptors (Lipinski definition) is 4. The molecule has 3 rings (SSSR count). The van der Waals surface area contributed by atoms with Gasteiger partial charge in [-0.05, 0) is 30.3 Å². The van der Waals surface area contributed by atoms with Crippen molar-refractivity contribution >= 4 is 23.4 Å². The molecule has 0 saturated carbocycles. The fourth-order valence-electron chi connectivity index (χ4n) is 3.08. The van der Waals surface area contributed by atoms with Crippen molar-refractivity contribution in [1.82, 2.24) is 15.1 Å². The fourth-order valence-corrected chi connectivity index (χ4v) is 3.08. The van der Waals surface area contributed by atoms with Gasteiger partial charge in [0.25, 0.3) is 5.91 Å². The molecule has 2 aromatic rings. The first-order chi connectivity index (χ1) is 14.0. The SMILES string of the molecule is O=C(CN1CCN(C(=O)CNC(=O)c2ccccc2)CC1)Nc1cccc(F)c1. The highest BCUT2D eigenvalue weighted by Gasteiger charge is 2.22. The molecule has 2 aromatic carbocycles. The molecule has 1 heterocycles. The summed E-state index contributed by atoms with van der Waals surface area (Å²) in [6.45, 7) is 2.17. The maximum absolute atomic E-state index is 13.2. The molecule has 0 aliphatic carbocycles. The van der Waals surface area contributed by atoms with Gasteiger partial charge in [0.05, 0.1) is 13.1 Å². The number of amides is 3. The Labute approximate surface area is 168 Å². The first-order valence-electron chi connectivity index (χ1n) is 9.40. The third kappa shape index (κ3) is 6.11. The lowest BCUT2D eigenvalue weighted by Gasteiger charge is -2.34. The number of benzene rings is 2. The summed E-state index contributed by atoms with van der Waals surface area (Å²) in [6, 6.07) is 14.5. The van der Waals surface area contributed by atoms with Gasteiger partial charge in [0, 0.05) is 37.4 Å². The molecule has 0 radical (unpaired) electrons. The van der Waals surface area contributed by atoms with Crippen LogP contribution in [0.3, 0.4) is 0 Å². The number of nitrogens with one attached hydrogen (secondary N) is 2. The van der Waals surface area contributed by atoms with Crippen molar-refractivity contribution in [2.24, 2.45) is 0 Å². The monoisotopic (exact) mass is 398 g/mol. The number of hydrogen-bond donors (Lipinski definition) is 2. The fraction of sp³-hybridized carbons (Fsp3) is 0.286. The van der Waals surface area contributed by atoms with Crippen molar-refractivity contribution in [3.8, 4) is 0 Å². The number of halogens is 1. The molecule has 152 valence electrons. The van der Waals surface area contributed by atoms with Crippen LogP contribution in [0.15, 0.2) is 54.6 Å². The van der Waals surface area contributed by atoms with Crippen LogP contribution < -0.4 is 10.6 Å². The largest absolute Gasteiger partial charge is 0.343 e. The standard InChI is InChI=1S/C21H23FN4O3/c22-17-7-4-8-18(13-17)24-19(27)15-25-9-11-26(12-10-25)20(28)14-23-21(29)16-5-2-1-3-6-16/h1-8,13H,9-12,14-15H2,(H,23,29)(H,24,27). The number of anilines is 1. The van der Waals surface area contributed by atoms with Crippen molar-refractivity contribution in [3.63, 3.8) is 0 Å². The highest BCUT2D eigenvalue weighted by molar-refractivity contribution is 5.96. The molecule has 0 atom stereocenters. The Balaban J connectivity index is 1.38. The zero-order valence-corrected chi connectivity index (χ0v) is 15.9. The molecule has 0 bridgehead atoms. The maximum Gasteiger partial charge on any atom is 0.251 e.